The van der Waals surface area contributed by atoms with Gasteiger partial charge in [-0.25, -0.2) is 8.42 Å². The van der Waals surface area contributed by atoms with Crippen molar-refractivity contribution in [1.29, 1.82) is 0 Å². The van der Waals surface area contributed by atoms with Crippen LogP contribution >= 0.6 is 27.5 Å². The minimum atomic E-state index is -3.54. The Kier molecular flexibility index (Phi) is 5.13. The van der Waals surface area contributed by atoms with Gasteiger partial charge in [-0.2, -0.15) is 4.31 Å². The summed E-state index contributed by atoms with van der Waals surface area (Å²) >= 11 is 9.36. The van der Waals surface area contributed by atoms with E-state index < -0.39 is 10.0 Å². The van der Waals surface area contributed by atoms with Crippen LogP contribution in [-0.2, 0) is 10.0 Å². The van der Waals surface area contributed by atoms with E-state index in [1.165, 1.54) is 4.31 Å². The minimum absolute atomic E-state index is 0.0379. The van der Waals surface area contributed by atoms with Crippen molar-refractivity contribution in [3.63, 3.8) is 0 Å². The van der Waals surface area contributed by atoms with Crippen LogP contribution in [0.4, 0.5) is 0 Å². The van der Waals surface area contributed by atoms with E-state index in [-0.39, 0.29) is 16.0 Å². The molecule has 0 unspecified atom stereocenters. The summed E-state index contributed by atoms with van der Waals surface area (Å²) in [4.78, 5) is 2.38. The number of halogens is 2. The highest BCUT2D eigenvalue weighted by atomic mass is 79.9. The zero-order valence-corrected chi connectivity index (χ0v) is 14.7. The second-order valence-corrected chi connectivity index (χ2v) is 8.42. The molecule has 1 aliphatic rings. The van der Waals surface area contributed by atoms with E-state index in [2.05, 4.69) is 27.9 Å². The van der Waals surface area contributed by atoms with Gasteiger partial charge in [0, 0.05) is 17.6 Å². The lowest BCUT2D eigenvalue weighted by Crippen LogP contribution is -2.44. The average molecular weight is 382 g/mol. The molecule has 0 spiro atoms. The lowest BCUT2D eigenvalue weighted by molar-refractivity contribution is 0.197. The summed E-state index contributed by atoms with van der Waals surface area (Å²) in [7, 11) is 0.153. The first-order chi connectivity index (χ1) is 9.32. The first-order valence-electron chi connectivity index (χ1n) is 6.44. The Morgan fingerprint density at radius 1 is 1.35 bits per heavy atom. The van der Waals surface area contributed by atoms with Crippen LogP contribution in [0.1, 0.15) is 12.8 Å². The summed E-state index contributed by atoms with van der Waals surface area (Å²) in [6.07, 6.45) is 1.70. The van der Waals surface area contributed by atoms with Gasteiger partial charge in [-0.15, -0.1) is 0 Å². The number of benzene rings is 1. The molecule has 0 amide bonds. The van der Waals surface area contributed by atoms with E-state index in [0.717, 1.165) is 30.4 Å². The molecule has 1 saturated heterocycles. The van der Waals surface area contributed by atoms with Gasteiger partial charge >= 0.3 is 0 Å². The van der Waals surface area contributed by atoms with Crippen LogP contribution in [-0.4, -0.2) is 50.8 Å². The zero-order valence-electron chi connectivity index (χ0n) is 11.5. The molecular formula is C13H18BrClN2O2S. The maximum Gasteiger partial charge on any atom is 0.244 e. The van der Waals surface area contributed by atoms with Crippen LogP contribution in [0, 0.1) is 0 Å². The molecule has 0 aromatic heterocycles. The maximum absolute atomic E-state index is 12.7. The van der Waals surface area contributed by atoms with Crippen LogP contribution < -0.4 is 0 Å². The molecule has 1 aromatic carbocycles. The number of hydrogen-bond acceptors (Lipinski definition) is 3. The topological polar surface area (TPSA) is 40.6 Å². The Balaban J connectivity index is 2.25. The van der Waals surface area contributed by atoms with Gasteiger partial charge in [0.05, 0.1) is 5.02 Å². The lowest BCUT2D eigenvalue weighted by Gasteiger charge is -2.34. The van der Waals surface area contributed by atoms with E-state index in [0.29, 0.717) is 0 Å². The van der Waals surface area contributed by atoms with Crippen molar-refractivity contribution in [3.05, 3.63) is 27.7 Å². The molecule has 1 aliphatic heterocycles. The van der Waals surface area contributed by atoms with Gasteiger partial charge in [0.25, 0.3) is 0 Å². The normalized spacial score (nSPS) is 18.6. The van der Waals surface area contributed by atoms with Crippen LogP contribution in [0.3, 0.4) is 0 Å². The molecule has 1 aromatic rings. The zero-order chi connectivity index (χ0) is 14.9. The summed E-state index contributed by atoms with van der Waals surface area (Å²) in [6, 6.07) is 4.89. The van der Waals surface area contributed by atoms with Gasteiger partial charge in [0.15, 0.2) is 0 Å². The second-order valence-electron chi connectivity index (χ2n) is 5.13. The molecule has 0 aliphatic carbocycles. The third-order valence-electron chi connectivity index (χ3n) is 3.75. The van der Waals surface area contributed by atoms with E-state index in [1.807, 2.05) is 0 Å². The number of rotatable bonds is 3. The van der Waals surface area contributed by atoms with E-state index in [4.69, 9.17) is 11.6 Å². The van der Waals surface area contributed by atoms with Crippen LogP contribution in [0.5, 0.6) is 0 Å². The fourth-order valence-electron chi connectivity index (χ4n) is 2.39. The molecule has 1 heterocycles. The molecule has 7 heteroatoms. The Bertz CT molecular complexity index is 586. The van der Waals surface area contributed by atoms with Crippen LogP contribution in [0.2, 0.25) is 5.02 Å². The Hall–Kier alpha value is -0.140. The summed E-state index contributed by atoms with van der Waals surface area (Å²) in [5, 5.41) is 0.249. The molecule has 0 bridgehead atoms. The molecule has 4 nitrogen and oxygen atoms in total. The molecule has 0 atom stereocenters. The summed E-state index contributed by atoms with van der Waals surface area (Å²) in [6.45, 7) is 1.83. The number of sulfonamides is 1. The third kappa shape index (κ3) is 3.36. The van der Waals surface area contributed by atoms with Crippen molar-refractivity contribution in [2.24, 2.45) is 0 Å². The smallest absolute Gasteiger partial charge is 0.244 e. The van der Waals surface area contributed by atoms with Crippen LogP contribution in [0.25, 0.3) is 0 Å². The molecule has 1 fully saturated rings. The Morgan fingerprint density at radius 3 is 2.50 bits per heavy atom. The van der Waals surface area contributed by atoms with Crippen molar-refractivity contribution in [3.8, 4) is 0 Å². The largest absolute Gasteiger partial charge is 0.306 e. The molecule has 0 N–H and O–H groups in total. The highest BCUT2D eigenvalue weighted by Gasteiger charge is 2.31. The van der Waals surface area contributed by atoms with Gasteiger partial charge in [0.1, 0.15) is 4.90 Å². The Morgan fingerprint density at radius 2 is 1.95 bits per heavy atom. The van der Waals surface area contributed by atoms with Gasteiger partial charge in [-0.05, 0) is 51.2 Å². The molecule has 112 valence electrons. The monoisotopic (exact) mass is 380 g/mol. The number of piperidine rings is 1. The summed E-state index contributed by atoms with van der Waals surface area (Å²) in [5.41, 5.74) is 0. The number of likely N-dealkylation sites (tertiary alicyclic amines) is 1. The standard InChI is InChI=1S/C13H18BrClN2O2S/c1-16-7-5-11(6-8-16)17(2)20(18,19)13-4-3-10(14)9-12(13)15/h3-4,9,11H,5-8H2,1-2H3. The predicted octanol–water partition coefficient (Wildman–Crippen LogP) is 2.82. The molecule has 0 radical (unpaired) electrons. The maximum atomic E-state index is 12.7. The molecule has 2 rings (SSSR count). The third-order valence-corrected chi connectivity index (χ3v) is 6.64. The first-order valence-corrected chi connectivity index (χ1v) is 9.05. The quantitative estimate of drug-likeness (QED) is 0.808. The fourth-order valence-corrected chi connectivity index (χ4v) is 4.82. The SMILES string of the molecule is CN1CCC(N(C)S(=O)(=O)c2ccc(Br)cc2Cl)CC1. The van der Waals surface area contributed by atoms with E-state index >= 15 is 0 Å². The average Bonchev–Trinajstić information content (AvgIpc) is 2.38. The number of nitrogens with zero attached hydrogens (tertiary/aromatic N) is 2. The van der Waals surface area contributed by atoms with Crippen molar-refractivity contribution >= 4 is 37.6 Å². The highest BCUT2D eigenvalue weighted by molar-refractivity contribution is 9.10. The first kappa shape index (κ1) is 16.2. The van der Waals surface area contributed by atoms with Gasteiger partial charge in [-0.3, -0.25) is 0 Å². The highest BCUT2D eigenvalue weighted by Crippen LogP contribution is 2.29. The van der Waals surface area contributed by atoms with Gasteiger partial charge in [-0.1, -0.05) is 27.5 Å². The van der Waals surface area contributed by atoms with E-state index in [9.17, 15) is 8.42 Å². The Labute approximate surface area is 133 Å². The predicted molar refractivity (Wildman–Crippen MR) is 84.6 cm³/mol. The number of hydrogen-bond donors (Lipinski definition) is 0. The molecule has 20 heavy (non-hydrogen) atoms. The van der Waals surface area contributed by atoms with Crippen molar-refractivity contribution < 1.29 is 8.42 Å². The molecule has 0 saturated carbocycles. The fraction of sp³-hybridized carbons (Fsp3) is 0.538. The second kappa shape index (κ2) is 6.32. The minimum Gasteiger partial charge on any atom is -0.306 e. The lowest BCUT2D eigenvalue weighted by atomic mass is 10.1. The van der Waals surface area contributed by atoms with Crippen molar-refractivity contribution in [2.45, 2.75) is 23.8 Å². The summed E-state index contributed by atoms with van der Waals surface area (Å²) in [5.74, 6) is 0. The molecular weight excluding hydrogens is 364 g/mol. The van der Waals surface area contributed by atoms with Crippen molar-refractivity contribution in [1.82, 2.24) is 9.21 Å². The van der Waals surface area contributed by atoms with Crippen LogP contribution in [0.15, 0.2) is 27.6 Å². The van der Waals surface area contributed by atoms with E-state index in [1.54, 1.807) is 25.2 Å². The van der Waals surface area contributed by atoms with Gasteiger partial charge < -0.3 is 4.90 Å². The van der Waals surface area contributed by atoms with Crippen molar-refractivity contribution in [2.75, 3.05) is 27.2 Å². The summed E-state index contributed by atoms with van der Waals surface area (Å²) < 4.78 is 27.5. The van der Waals surface area contributed by atoms with Gasteiger partial charge in [0.2, 0.25) is 10.0 Å².